The Labute approximate surface area is 130 Å². The third-order valence-electron chi connectivity index (χ3n) is 3.92. The van der Waals surface area contributed by atoms with Crippen molar-refractivity contribution in [3.63, 3.8) is 0 Å². The number of carbonyl (C=O) groups excluding carboxylic acids is 1. The van der Waals surface area contributed by atoms with E-state index in [9.17, 15) is 4.79 Å². The number of hydrogen-bond donors (Lipinski definition) is 1. The third-order valence-corrected chi connectivity index (χ3v) is 3.92. The highest BCUT2D eigenvalue weighted by molar-refractivity contribution is 5.92. The summed E-state index contributed by atoms with van der Waals surface area (Å²) in [6.07, 6.45) is 3.66. The number of nitrogens with zero attached hydrogens (tertiary/aromatic N) is 3. The molecule has 3 heterocycles. The molecule has 1 N–H and O–H groups in total. The largest absolute Gasteiger partial charge is 0.356 e. The molecule has 0 spiro atoms. The van der Waals surface area contributed by atoms with Gasteiger partial charge in [0.1, 0.15) is 11.5 Å². The van der Waals surface area contributed by atoms with Crippen molar-refractivity contribution in [1.82, 2.24) is 15.3 Å². The second-order valence-corrected chi connectivity index (χ2v) is 5.59. The van der Waals surface area contributed by atoms with Crippen LogP contribution in [0, 0.1) is 6.92 Å². The highest BCUT2D eigenvalue weighted by Crippen LogP contribution is 2.17. The monoisotopic (exact) mass is 296 g/mol. The van der Waals surface area contributed by atoms with Gasteiger partial charge in [0.15, 0.2) is 0 Å². The van der Waals surface area contributed by atoms with E-state index in [4.69, 9.17) is 0 Å². The van der Waals surface area contributed by atoms with E-state index in [2.05, 4.69) is 20.2 Å². The Morgan fingerprint density at radius 1 is 1.18 bits per heavy atom. The van der Waals surface area contributed by atoms with Crippen LogP contribution in [-0.2, 0) is 0 Å². The fraction of sp³-hybridized carbons (Fsp3) is 0.353. The zero-order valence-corrected chi connectivity index (χ0v) is 12.7. The minimum Gasteiger partial charge on any atom is -0.356 e. The lowest BCUT2D eigenvalue weighted by atomic mass is 10.0. The zero-order valence-electron chi connectivity index (χ0n) is 12.7. The molecule has 0 bridgehead atoms. The quantitative estimate of drug-likeness (QED) is 0.943. The van der Waals surface area contributed by atoms with E-state index >= 15 is 0 Å². The van der Waals surface area contributed by atoms with Gasteiger partial charge in [-0.2, -0.15) is 0 Å². The van der Waals surface area contributed by atoms with E-state index in [1.807, 2.05) is 43.5 Å². The molecular formula is C17H20N4O. The van der Waals surface area contributed by atoms with E-state index < -0.39 is 0 Å². The Bertz CT molecular complexity index is 636. The predicted molar refractivity (Wildman–Crippen MR) is 85.9 cm³/mol. The van der Waals surface area contributed by atoms with Gasteiger partial charge in [0.05, 0.1) is 0 Å². The molecule has 3 rings (SSSR count). The smallest absolute Gasteiger partial charge is 0.270 e. The molecule has 1 amide bonds. The van der Waals surface area contributed by atoms with Gasteiger partial charge in [-0.05, 0) is 44.0 Å². The summed E-state index contributed by atoms with van der Waals surface area (Å²) in [5.74, 6) is 0.924. The number of aromatic nitrogens is 2. The average molecular weight is 296 g/mol. The summed E-state index contributed by atoms with van der Waals surface area (Å²) >= 11 is 0. The maximum Gasteiger partial charge on any atom is 0.270 e. The average Bonchev–Trinajstić information content (AvgIpc) is 2.56. The van der Waals surface area contributed by atoms with Crippen molar-refractivity contribution >= 4 is 11.7 Å². The summed E-state index contributed by atoms with van der Waals surface area (Å²) < 4.78 is 0. The van der Waals surface area contributed by atoms with E-state index in [-0.39, 0.29) is 11.9 Å². The van der Waals surface area contributed by atoms with Gasteiger partial charge in [-0.1, -0.05) is 12.1 Å². The van der Waals surface area contributed by atoms with Crippen molar-refractivity contribution in [3.05, 3.63) is 54.0 Å². The van der Waals surface area contributed by atoms with Crippen molar-refractivity contribution in [2.75, 3.05) is 18.0 Å². The van der Waals surface area contributed by atoms with E-state index in [0.717, 1.165) is 37.4 Å². The number of nitrogens with one attached hydrogen (secondary N) is 1. The fourth-order valence-electron chi connectivity index (χ4n) is 2.72. The summed E-state index contributed by atoms with van der Waals surface area (Å²) in [6, 6.07) is 11.7. The summed E-state index contributed by atoms with van der Waals surface area (Å²) in [4.78, 5) is 23.1. The van der Waals surface area contributed by atoms with Crippen molar-refractivity contribution in [2.24, 2.45) is 0 Å². The molecule has 1 aliphatic rings. The van der Waals surface area contributed by atoms with Crippen LogP contribution in [0.4, 0.5) is 5.82 Å². The van der Waals surface area contributed by atoms with Gasteiger partial charge in [-0.15, -0.1) is 0 Å². The van der Waals surface area contributed by atoms with E-state index in [1.165, 1.54) is 0 Å². The first-order valence-corrected chi connectivity index (χ1v) is 7.63. The van der Waals surface area contributed by atoms with Crippen molar-refractivity contribution in [3.8, 4) is 0 Å². The first-order chi connectivity index (χ1) is 10.7. The van der Waals surface area contributed by atoms with Crippen LogP contribution < -0.4 is 10.2 Å². The van der Waals surface area contributed by atoms with Crippen molar-refractivity contribution in [2.45, 2.75) is 25.8 Å². The number of carbonyl (C=O) groups is 1. The maximum atomic E-state index is 12.2. The number of hydrogen-bond acceptors (Lipinski definition) is 4. The molecule has 0 atom stereocenters. The Balaban J connectivity index is 1.55. The van der Waals surface area contributed by atoms with Gasteiger partial charge in [0.2, 0.25) is 0 Å². The van der Waals surface area contributed by atoms with Crippen LogP contribution in [0.1, 0.15) is 29.0 Å². The Kier molecular flexibility index (Phi) is 4.32. The molecule has 1 aliphatic heterocycles. The van der Waals surface area contributed by atoms with Crippen LogP contribution in [0.2, 0.25) is 0 Å². The van der Waals surface area contributed by atoms with Crippen LogP contribution >= 0.6 is 0 Å². The number of anilines is 1. The number of piperidine rings is 1. The van der Waals surface area contributed by atoms with Gasteiger partial charge in [0, 0.05) is 31.0 Å². The molecule has 22 heavy (non-hydrogen) atoms. The van der Waals surface area contributed by atoms with Crippen LogP contribution in [0.25, 0.3) is 0 Å². The van der Waals surface area contributed by atoms with Gasteiger partial charge >= 0.3 is 0 Å². The Morgan fingerprint density at radius 2 is 2.00 bits per heavy atom. The molecule has 0 aliphatic carbocycles. The maximum absolute atomic E-state index is 12.2. The summed E-state index contributed by atoms with van der Waals surface area (Å²) in [6.45, 7) is 3.70. The standard InChI is InChI=1S/C17H20N4O/c1-13-5-4-6-15(19-13)17(22)20-14-8-11-21(12-9-14)16-7-2-3-10-18-16/h2-7,10,14H,8-9,11-12H2,1H3,(H,20,22). The highest BCUT2D eigenvalue weighted by Gasteiger charge is 2.22. The molecule has 1 fully saturated rings. The Hall–Kier alpha value is -2.43. The van der Waals surface area contributed by atoms with Gasteiger partial charge in [0.25, 0.3) is 5.91 Å². The molecule has 0 radical (unpaired) electrons. The minimum atomic E-state index is -0.0833. The number of rotatable bonds is 3. The lowest BCUT2D eigenvalue weighted by Gasteiger charge is -2.33. The Morgan fingerprint density at radius 3 is 2.68 bits per heavy atom. The molecule has 1 saturated heterocycles. The predicted octanol–water partition coefficient (Wildman–Crippen LogP) is 2.18. The minimum absolute atomic E-state index is 0.0833. The number of pyridine rings is 2. The highest BCUT2D eigenvalue weighted by atomic mass is 16.1. The van der Waals surface area contributed by atoms with Crippen molar-refractivity contribution < 1.29 is 4.79 Å². The molecular weight excluding hydrogens is 276 g/mol. The molecule has 0 saturated carbocycles. The van der Waals surface area contributed by atoms with E-state index in [1.54, 1.807) is 6.07 Å². The molecule has 5 nitrogen and oxygen atoms in total. The SMILES string of the molecule is Cc1cccc(C(=O)NC2CCN(c3ccccn3)CC2)n1. The van der Waals surface area contributed by atoms with Crippen LogP contribution in [-0.4, -0.2) is 35.0 Å². The zero-order chi connectivity index (χ0) is 15.4. The summed E-state index contributed by atoms with van der Waals surface area (Å²) in [7, 11) is 0. The van der Waals surface area contributed by atoms with Crippen LogP contribution in [0.15, 0.2) is 42.6 Å². The lowest BCUT2D eigenvalue weighted by Crippen LogP contribution is -2.45. The molecule has 5 heteroatoms. The third kappa shape index (κ3) is 3.42. The normalized spacial score (nSPS) is 15.6. The molecule has 2 aromatic heterocycles. The lowest BCUT2D eigenvalue weighted by molar-refractivity contribution is 0.0926. The summed E-state index contributed by atoms with van der Waals surface area (Å²) in [5.41, 5.74) is 1.35. The molecule has 0 aromatic carbocycles. The van der Waals surface area contributed by atoms with Gasteiger partial charge in [-0.25, -0.2) is 9.97 Å². The van der Waals surface area contributed by atoms with Gasteiger partial charge < -0.3 is 10.2 Å². The number of aryl methyl sites for hydroxylation is 1. The van der Waals surface area contributed by atoms with E-state index in [0.29, 0.717) is 5.69 Å². The molecule has 0 unspecified atom stereocenters. The fourth-order valence-corrected chi connectivity index (χ4v) is 2.72. The van der Waals surface area contributed by atoms with Crippen LogP contribution in [0.5, 0.6) is 0 Å². The molecule has 114 valence electrons. The first kappa shape index (κ1) is 14.5. The van der Waals surface area contributed by atoms with Crippen LogP contribution in [0.3, 0.4) is 0 Å². The summed E-state index contributed by atoms with van der Waals surface area (Å²) in [5, 5.41) is 3.09. The second-order valence-electron chi connectivity index (χ2n) is 5.59. The first-order valence-electron chi connectivity index (χ1n) is 7.63. The topological polar surface area (TPSA) is 58.1 Å². The van der Waals surface area contributed by atoms with Crippen molar-refractivity contribution in [1.29, 1.82) is 0 Å². The number of amides is 1. The van der Waals surface area contributed by atoms with Gasteiger partial charge in [-0.3, -0.25) is 4.79 Å². The molecule has 2 aromatic rings. The second kappa shape index (κ2) is 6.56.